The summed E-state index contributed by atoms with van der Waals surface area (Å²) in [5.74, 6) is -0.471. The Hall–Kier alpha value is -3.19. The number of benzene rings is 2. The molecule has 3 rings (SSSR count). The molecule has 1 amide bonds. The molecule has 7 heteroatoms. The fourth-order valence-corrected chi connectivity index (χ4v) is 3.65. The predicted octanol–water partition coefficient (Wildman–Crippen LogP) is 4.83. The first-order chi connectivity index (χ1) is 15.9. The van der Waals surface area contributed by atoms with Crippen LogP contribution in [0.2, 0.25) is 0 Å². The number of nitrogens with one attached hydrogen (secondary N) is 3. The van der Waals surface area contributed by atoms with Gasteiger partial charge < -0.3 is 16.0 Å². The highest BCUT2D eigenvalue weighted by molar-refractivity contribution is 5.96. The van der Waals surface area contributed by atoms with Crippen molar-refractivity contribution < 1.29 is 9.18 Å². The number of amides is 1. The molecule has 6 nitrogen and oxygen atoms in total. The van der Waals surface area contributed by atoms with Gasteiger partial charge in [0.25, 0.3) is 5.91 Å². The summed E-state index contributed by atoms with van der Waals surface area (Å²) in [6.07, 6.45) is 5.75. The number of nitrogens with zero attached hydrogens (tertiary/aromatic N) is 2. The summed E-state index contributed by atoms with van der Waals surface area (Å²) >= 11 is 0. The number of carbonyl (C=O) groups excluding carboxylic acids is 1. The maximum Gasteiger partial charge on any atom is 0.252 e. The van der Waals surface area contributed by atoms with Crippen LogP contribution in [0.25, 0.3) is 11.1 Å². The molecule has 3 aromatic rings. The van der Waals surface area contributed by atoms with Crippen LogP contribution in [-0.4, -0.2) is 35.3 Å². The number of halogens is 1. The van der Waals surface area contributed by atoms with E-state index in [1.807, 2.05) is 32.0 Å². The number of unbranched alkanes of at least 4 members (excludes halogenated alkanes) is 1. The molecule has 1 aromatic heterocycles. The lowest BCUT2D eigenvalue weighted by atomic mass is 10.0. The van der Waals surface area contributed by atoms with Gasteiger partial charge in [0, 0.05) is 48.7 Å². The van der Waals surface area contributed by atoms with E-state index in [-0.39, 0.29) is 17.8 Å². The Bertz CT molecular complexity index is 1080. The Morgan fingerprint density at radius 3 is 2.70 bits per heavy atom. The van der Waals surface area contributed by atoms with Crippen molar-refractivity contribution in [2.24, 2.45) is 7.05 Å². The molecular formula is C26H34FN5O. The summed E-state index contributed by atoms with van der Waals surface area (Å²) in [4.78, 5) is 13.0. The van der Waals surface area contributed by atoms with Crippen molar-refractivity contribution in [2.75, 3.05) is 25.0 Å². The molecule has 0 aliphatic rings. The molecule has 1 atom stereocenters. The largest absolute Gasteiger partial charge is 0.384 e. The minimum Gasteiger partial charge on any atom is -0.384 e. The molecule has 33 heavy (non-hydrogen) atoms. The van der Waals surface area contributed by atoms with Crippen LogP contribution >= 0.6 is 0 Å². The monoisotopic (exact) mass is 451 g/mol. The molecule has 0 saturated carbocycles. The number of rotatable bonds is 11. The molecule has 0 radical (unpaired) electrons. The normalized spacial score (nSPS) is 11.9. The number of carbonyl (C=O) groups is 1. The van der Waals surface area contributed by atoms with Crippen LogP contribution in [0.5, 0.6) is 0 Å². The summed E-state index contributed by atoms with van der Waals surface area (Å²) in [7, 11) is 1.79. The van der Waals surface area contributed by atoms with Gasteiger partial charge in [-0.15, -0.1) is 0 Å². The van der Waals surface area contributed by atoms with E-state index >= 15 is 0 Å². The Labute approximate surface area is 195 Å². The highest BCUT2D eigenvalue weighted by Crippen LogP contribution is 2.26. The van der Waals surface area contributed by atoms with Crippen LogP contribution in [-0.2, 0) is 7.05 Å². The summed E-state index contributed by atoms with van der Waals surface area (Å²) in [6, 6.07) is 10.4. The summed E-state index contributed by atoms with van der Waals surface area (Å²) in [6.45, 7) is 8.68. The van der Waals surface area contributed by atoms with E-state index < -0.39 is 0 Å². The molecule has 0 aliphatic carbocycles. The van der Waals surface area contributed by atoms with Crippen molar-refractivity contribution in [3.63, 3.8) is 0 Å². The average molecular weight is 452 g/mol. The van der Waals surface area contributed by atoms with Crippen LogP contribution in [0.1, 0.15) is 54.2 Å². The third kappa shape index (κ3) is 6.65. The lowest BCUT2D eigenvalue weighted by Gasteiger charge is -2.17. The first kappa shape index (κ1) is 24.5. The Balaban J connectivity index is 1.66. The van der Waals surface area contributed by atoms with Gasteiger partial charge in [0.15, 0.2) is 0 Å². The topological polar surface area (TPSA) is 71.0 Å². The number of aromatic nitrogens is 2. The van der Waals surface area contributed by atoms with Crippen molar-refractivity contribution in [3.05, 3.63) is 71.3 Å². The summed E-state index contributed by atoms with van der Waals surface area (Å²) < 4.78 is 16.0. The van der Waals surface area contributed by atoms with Gasteiger partial charge in [-0.3, -0.25) is 9.48 Å². The second-order valence-corrected chi connectivity index (χ2v) is 8.40. The van der Waals surface area contributed by atoms with E-state index in [2.05, 4.69) is 28.0 Å². The van der Waals surface area contributed by atoms with Gasteiger partial charge in [0.2, 0.25) is 0 Å². The highest BCUT2D eigenvalue weighted by Gasteiger charge is 2.16. The van der Waals surface area contributed by atoms with Crippen LogP contribution in [0.3, 0.4) is 0 Å². The van der Waals surface area contributed by atoms with Crippen molar-refractivity contribution >= 4 is 11.6 Å². The first-order valence-corrected chi connectivity index (χ1v) is 11.5. The molecule has 0 spiro atoms. The highest BCUT2D eigenvalue weighted by atomic mass is 19.1. The van der Waals surface area contributed by atoms with Crippen LogP contribution in [0, 0.1) is 12.7 Å². The first-order valence-electron chi connectivity index (χ1n) is 11.5. The second kappa shape index (κ2) is 11.6. The second-order valence-electron chi connectivity index (χ2n) is 8.40. The van der Waals surface area contributed by atoms with Gasteiger partial charge in [-0.25, -0.2) is 4.39 Å². The van der Waals surface area contributed by atoms with Gasteiger partial charge in [0.1, 0.15) is 5.82 Å². The Morgan fingerprint density at radius 1 is 1.15 bits per heavy atom. The minimum absolute atomic E-state index is 0.156. The fourth-order valence-electron chi connectivity index (χ4n) is 3.65. The van der Waals surface area contributed by atoms with E-state index in [0.29, 0.717) is 16.7 Å². The number of anilines is 1. The zero-order valence-electron chi connectivity index (χ0n) is 19.9. The zero-order chi connectivity index (χ0) is 23.8. The molecule has 0 bridgehead atoms. The molecule has 3 N–H and O–H groups in total. The van der Waals surface area contributed by atoms with E-state index in [9.17, 15) is 9.18 Å². The van der Waals surface area contributed by atoms with Crippen LogP contribution in [0.4, 0.5) is 10.1 Å². The SMILES string of the molecule is CCCCNCCNc1ccc(C)c(C(=O)NC(C)c2ccc(F)c(-c3cnn(C)c3)c2)c1. The summed E-state index contributed by atoms with van der Waals surface area (Å²) in [5, 5.41) is 13.9. The number of hydrogen-bond donors (Lipinski definition) is 3. The van der Waals surface area contributed by atoms with Gasteiger partial charge >= 0.3 is 0 Å². The van der Waals surface area contributed by atoms with Crippen molar-refractivity contribution in [1.29, 1.82) is 0 Å². The van der Waals surface area contributed by atoms with Crippen molar-refractivity contribution in [1.82, 2.24) is 20.4 Å². The molecule has 1 heterocycles. The van der Waals surface area contributed by atoms with Gasteiger partial charge in [-0.1, -0.05) is 25.5 Å². The number of hydrogen-bond acceptors (Lipinski definition) is 4. The molecule has 1 unspecified atom stereocenters. The van der Waals surface area contributed by atoms with Gasteiger partial charge in [-0.2, -0.15) is 5.10 Å². The fraction of sp³-hybridized carbons (Fsp3) is 0.385. The minimum atomic E-state index is -0.316. The maximum absolute atomic E-state index is 14.4. The van der Waals surface area contributed by atoms with E-state index in [1.165, 1.54) is 18.9 Å². The van der Waals surface area contributed by atoms with E-state index in [4.69, 9.17) is 0 Å². The Kier molecular flexibility index (Phi) is 8.60. The van der Waals surface area contributed by atoms with E-state index in [0.717, 1.165) is 36.4 Å². The Morgan fingerprint density at radius 2 is 1.97 bits per heavy atom. The third-order valence-electron chi connectivity index (χ3n) is 5.67. The van der Waals surface area contributed by atoms with Crippen molar-refractivity contribution in [3.8, 4) is 11.1 Å². The molecule has 0 saturated heterocycles. The predicted molar refractivity (Wildman–Crippen MR) is 132 cm³/mol. The molecule has 176 valence electrons. The molecule has 0 fully saturated rings. The zero-order valence-corrected chi connectivity index (χ0v) is 19.9. The quantitative estimate of drug-likeness (QED) is 0.365. The summed E-state index contributed by atoms with van der Waals surface area (Å²) in [5.41, 5.74) is 4.44. The van der Waals surface area contributed by atoms with Gasteiger partial charge in [-0.05, 0) is 62.2 Å². The molecular weight excluding hydrogens is 417 g/mol. The molecule has 0 aliphatic heterocycles. The maximum atomic E-state index is 14.4. The third-order valence-corrected chi connectivity index (χ3v) is 5.67. The van der Waals surface area contributed by atoms with Crippen LogP contribution < -0.4 is 16.0 Å². The van der Waals surface area contributed by atoms with Crippen LogP contribution in [0.15, 0.2) is 48.8 Å². The standard InChI is InChI=1S/C26H34FN5O/c1-5-6-11-28-12-13-29-22-9-7-18(2)23(15-22)26(33)31-19(3)20-8-10-25(27)24(14-20)21-16-30-32(4)17-21/h7-10,14-17,19,28-29H,5-6,11-13H2,1-4H3,(H,31,33). The van der Waals surface area contributed by atoms with Gasteiger partial charge in [0.05, 0.1) is 12.2 Å². The smallest absolute Gasteiger partial charge is 0.252 e. The lowest BCUT2D eigenvalue weighted by Crippen LogP contribution is -2.27. The number of aryl methyl sites for hydroxylation is 2. The molecule has 2 aromatic carbocycles. The average Bonchev–Trinajstić information content (AvgIpc) is 3.23. The van der Waals surface area contributed by atoms with Crippen molar-refractivity contribution in [2.45, 2.75) is 39.7 Å². The lowest BCUT2D eigenvalue weighted by molar-refractivity contribution is 0.0939. The van der Waals surface area contributed by atoms with E-state index in [1.54, 1.807) is 36.3 Å².